The Bertz CT molecular complexity index is 620. The van der Waals surface area contributed by atoms with Gasteiger partial charge in [-0.05, 0) is 30.3 Å². The monoisotopic (exact) mass is 363 g/mol. The summed E-state index contributed by atoms with van der Waals surface area (Å²) in [4.78, 5) is 15.7. The highest BCUT2D eigenvalue weighted by Gasteiger charge is 2.05. The van der Waals surface area contributed by atoms with Gasteiger partial charge >= 0.3 is 0 Å². The second-order valence-electron chi connectivity index (χ2n) is 4.63. The zero-order chi connectivity index (χ0) is 15.8. The van der Waals surface area contributed by atoms with E-state index in [-0.39, 0.29) is 5.91 Å². The van der Waals surface area contributed by atoms with E-state index >= 15 is 0 Å². The molecule has 2 rings (SSSR count). The minimum absolute atomic E-state index is 0.116. The first kappa shape index (κ1) is 16.5. The number of carbonyl (C=O) groups is 1. The minimum atomic E-state index is -0.116. The summed E-state index contributed by atoms with van der Waals surface area (Å²) in [5, 5.41) is 6.12. The lowest BCUT2D eigenvalue weighted by Crippen LogP contribution is -2.31. The van der Waals surface area contributed by atoms with Crippen LogP contribution in [0.2, 0.25) is 0 Å². The highest BCUT2D eigenvalue weighted by molar-refractivity contribution is 9.10. The fourth-order valence-corrected chi connectivity index (χ4v) is 2.38. The second kappa shape index (κ2) is 8.51. The third kappa shape index (κ3) is 4.82. The number of pyridine rings is 1. The van der Waals surface area contributed by atoms with Crippen molar-refractivity contribution in [3.05, 3.63) is 58.3 Å². The SMILES string of the molecule is COc1ccc(Br)cc1CNCCNC(=O)c1cccnc1. The van der Waals surface area contributed by atoms with E-state index in [0.717, 1.165) is 15.8 Å². The standard InChI is InChI=1S/C16H18BrN3O2/c1-22-15-5-4-14(17)9-13(15)11-19-7-8-20-16(21)12-3-2-6-18-10-12/h2-6,9-10,19H,7-8,11H2,1H3,(H,20,21). The molecule has 0 aliphatic rings. The van der Waals surface area contributed by atoms with Crippen LogP contribution in [0.1, 0.15) is 15.9 Å². The van der Waals surface area contributed by atoms with Gasteiger partial charge in [0.25, 0.3) is 5.91 Å². The van der Waals surface area contributed by atoms with Gasteiger partial charge in [-0.15, -0.1) is 0 Å². The van der Waals surface area contributed by atoms with Crippen molar-refractivity contribution in [2.45, 2.75) is 6.54 Å². The van der Waals surface area contributed by atoms with Gasteiger partial charge in [-0.25, -0.2) is 0 Å². The Kier molecular flexibility index (Phi) is 6.36. The van der Waals surface area contributed by atoms with Crippen LogP contribution in [-0.2, 0) is 6.54 Å². The van der Waals surface area contributed by atoms with E-state index < -0.39 is 0 Å². The summed E-state index contributed by atoms with van der Waals surface area (Å²) < 4.78 is 6.33. The number of hydrogen-bond donors (Lipinski definition) is 2. The van der Waals surface area contributed by atoms with Gasteiger partial charge in [0.15, 0.2) is 0 Å². The third-order valence-electron chi connectivity index (χ3n) is 3.07. The zero-order valence-electron chi connectivity index (χ0n) is 12.3. The summed E-state index contributed by atoms with van der Waals surface area (Å²) in [6.07, 6.45) is 3.19. The summed E-state index contributed by atoms with van der Waals surface area (Å²) in [6, 6.07) is 9.36. The molecule has 116 valence electrons. The number of amides is 1. The number of nitrogens with zero attached hydrogens (tertiary/aromatic N) is 1. The van der Waals surface area contributed by atoms with Crippen LogP contribution in [0.4, 0.5) is 0 Å². The summed E-state index contributed by atoms with van der Waals surface area (Å²) in [5.74, 6) is 0.727. The van der Waals surface area contributed by atoms with E-state index in [9.17, 15) is 4.79 Å². The van der Waals surface area contributed by atoms with Gasteiger partial charge in [0.05, 0.1) is 12.7 Å². The van der Waals surface area contributed by atoms with Crippen molar-refractivity contribution in [3.63, 3.8) is 0 Å². The minimum Gasteiger partial charge on any atom is -0.496 e. The number of halogens is 1. The lowest BCUT2D eigenvalue weighted by molar-refractivity contribution is 0.0953. The average Bonchev–Trinajstić information content (AvgIpc) is 2.55. The molecule has 22 heavy (non-hydrogen) atoms. The predicted octanol–water partition coefficient (Wildman–Crippen LogP) is 2.37. The van der Waals surface area contributed by atoms with Crippen molar-refractivity contribution in [1.29, 1.82) is 0 Å². The molecule has 1 aromatic carbocycles. The van der Waals surface area contributed by atoms with Crippen LogP contribution in [0.5, 0.6) is 5.75 Å². The van der Waals surface area contributed by atoms with Crippen molar-refractivity contribution in [1.82, 2.24) is 15.6 Å². The van der Waals surface area contributed by atoms with Crippen LogP contribution >= 0.6 is 15.9 Å². The number of benzene rings is 1. The lowest BCUT2D eigenvalue weighted by Gasteiger charge is -2.10. The summed E-state index contributed by atoms with van der Waals surface area (Å²) in [5.41, 5.74) is 1.63. The smallest absolute Gasteiger partial charge is 0.252 e. The third-order valence-corrected chi connectivity index (χ3v) is 3.56. The van der Waals surface area contributed by atoms with E-state index in [4.69, 9.17) is 4.74 Å². The van der Waals surface area contributed by atoms with Gasteiger partial charge in [0.1, 0.15) is 5.75 Å². The highest BCUT2D eigenvalue weighted by atomic mass is 79.9. The molecule has 1 amide bonds. The Morgan fingerprint density at radius 3 is 2.91 bits per heavy atom. The van der Waals surface area contributed by atoms with Crippen molar-refractivity contribution >= 4 is 21.8 Å². The number of nitrogens with one attached hydrogen (secondary N) is 2. The molecule has 0 bridgehead atoms. The second-order valence-corrected chi connectivity index (χ2v) is 5.55. The predicted molar refractivity (Wildman–Crippen MR) is 89.0 cm³/mol. The van der Waals surface area contributed by atoms with E-state index in [1.54, 1.807) is 31.6 Å². The molecule has 0 aliphatic carbocycles. The number of ether oxygens (including phenoxy) is 1. The lowest BCUT2D eigenvalue weighted by atomic mass is 10.2. The largest absolute Gasteiger partial charge is 0.496 e. The molecule has 0 spiro atoms. The highest BCUT2D eigenvalue weighted by Crippen LogP contribution is 2.22. The molecular formula is C16H18BrN3O2. The van der Waals surface area contributed by atoms with E-state index in [1.807, 2.05) is 18.2 Å². The Labute approximate surface area is 138 Å². The maximum absolute atomic E-state index is 11.8. The summed E-state index contributed by atoms with van der Waals surface area (Å²) in [6.45, 7) is 1.89. The molecule has 6 heteroatoms. The Morgan fingerprint density at radius 2 is 2.18 bits per heavy atom. The zero-order valence-corrected chi connectivity index (χ0v) is 13.9. The topological polar surface area (TPSA) is 63.2 Å². The van der Waals surface area contributed by atoms with E-state index in [2.05, 4.69) is 31.5 Å². The molecule has 0 fully saturated rings. The van der Waals surface area contributed by atoms with Crippen molar-refractivity contribution in [2.75, 3.05) is 20.2 Å². The number of methoxy groups -OCH3 is 1. The van der Waals surface area contributed by atoms with E-state index in [1.165, 1.54) is 0 Å². The van der Waals surface area contributed by atoms with Gasteiger partial charge in [-0.2, -0.15) is 0 Å². The quantitative estimate of drug-likeness (QED) is 0.741. The molecule has 0 atom stereocenters. The fraction of sp³-hybridized carbons (Fsp3) is 0.250. The molecule has 0 aliphatic heterocycles. The normalized spacial score (nSPS) is 10.3. The van der Waals surface area contributed by atoms with Crippen LogP contribution in [0.3, 0.4) is 0 Å². The summed E-state index contributed by atoms with van der Waals surface area (Å²) >= 11 is 3.45. The maximum Gasteiger partial charge on any atom is 0.252 e. The van der Waals surface area contributed by atoms with Crippen molar-refractivity contribution in [2.24, 2.45) is 0 Å². The first-order chi connectivity index (χ1) is 10.7. The molecule has 2 aromatic rings. The van der Waals surface area contributed by atoms with Gasteiger partial charge < -0.3 is 15.4 Å². The van der Waals surface area contributed by atoms with Crippen LogP contribution in [0.15, 0.2) is 47.2 Å². The van der Waals surface area contributed by atoms with Crippen LogP contribution < -0.4 is 15.4 Å². The Morgan fingerprint density at radius 1 is 1.32 bits per heavy atom. The Balaban J connectivity index is 1.74. The Hall–Kier alpha value is -1.92. The fourth-order valence-electron chi connectivity index (χ4n) is 1.97. The molecule has 0 saturated heterocycles. The van der Waals surface area contributed by atoms with Gasteiger partial charge in [-0.3, -0.25) is 9.78 Å². The van der Waals surface area contributed by atoms with Crippen LogP contribution in [-0.4, -0.2) is 31.1 Å². The molecule has 0 unspecified atom stereocenters. The van der Waals surface area contributed by atoms with Gasteiger partial charge in [0.2, 0.25) is 0 Å². The molecule has 5 nitrogen and oxygen atoms in total. The van der Waals surface area contributed by atoms with Crippen LogP contribution in [0.25, 0.3) is 0 Å². The molecular weight excluding hydrogens is 346 g/mol. The average molecular weight is 364 g/mol. The van der Waals surface area contributed by atoms with Crippen molar-refractivity contribution < 1.29 is 9.53 Å². The van der Waals surface area contributed by atoms with E-state index in [0.29, 0.717) is 25.2 Å². The molecule has 0 radical (unpaired) electrons. The number of rotatable bonds is 7. The number of carbonyl (C=O) groups excluding carboxylic acids is 1. The van der Waals surface area contributed by atoms with Gasteiger partial charge in [-0.1, -0.05) is 15.9 Å². The first-order valence-electron chi connectivity index (χ1n) is 6.92. The number of hydrogen-bond acceptors (Lipinski definition) is 4. The molecule has 1 heterocycles. The number of aromatic nitrogens is 1. The van der Waals surface area contributed by atoms with Crippen molar-refractivity contribution in [3.8, 4) is 5.75 Å². The first-order valence-corrected chi connectivity index (χ1v) is 7.71. The summed E-state index contributed by atoms with van der Waals surface area (Å²) in [7, 11) is 1.65. The van der Waals surface area contributed by atoms with Gasteiger partial charge in [0, 0.05) is 42.1 Å². The van der Waals surface area contributed by atoms with Crippen LogP contribution in [0, 0.1) is 0 Å². The molecule has 0 saturated carbocycles. The molecule has 2 N–H and O–H groups in total. The molecule has 1 aromatic heterocycles. The maximum atomic E-state index is 11.8.